The first-order valence-corrected chi connectivity index (χ1v) is 17.0. The molecule has 0 bridgehead atoms. The lowest BCUT2D eigenvalue weighted by molar-refractivity contribution is -0.121. The van der Waals surface area contributed by atoms with Crippen LogP contribution in [0, 0.1) is 0 Å². The molecular formula is C41H50N2O4. The van der Waals surface area contributed by atoms with Gasteiger partial charge in [0.15, 0.2) is 11.5 Å². The molecule has 1 amide bonds. The van der Waals surface area contributed by atoms with Crippen LogP contribution in [-0.4, -0.2) is 58.3 Å². The first kappa shape index (κ1) is 34.1. The average molecular weight is 635 g/mol. The van der Waals surface area contributed by atoms with E-state index in [1.807, 2.05) is 24.3 Å². The molecule has 0 saturated carbocycles. The van der Waals surface area contributed by atoms with E-state index in [9.17, 15) is 4.79 Å². The average Bonchev–Trinajstić information content (AvgIpc) is 3.33. The van der Waals surface area contributed by atoms with Gasteiger partial charge in [-0.1, -0.05) is 72.8 Å². The number of aryl methyl sites for hydroxylation is 1. The Kier molecular flexibility index (Phi) is 12.3. The monoisotopic (exact) mass is 634 g/mol. The van der Waals surface area contributed by atoms with Gasteiger partial charge in [0.05, 0.1) is 21.3 Å². The van der Waals surface area contributed by atoms with Gasteiger partial charge in [0.2, 0.25) is 5.91 Å². The predicted molar refractivity (Wildman–Crippen MR) is 190 cm³/mol. The van der Waals surface area contributed by atoms with Crippen molar-refractivity contribution in [3.8, 4) is 17.2 Å². The normalized spacial score (nSPS) is 13.3. The van der Waals surface area contributed by atoms with Gasteiger partial charge >= 0.3 is 0 Å². The summed E-state index contributed by atoms with van der Waals surface area (Å²) in [6, 6.07) is 34.2. The summed E-state index contributed by atoms with van der Waals surface area (Å²) in [5.41, 5.74) is 6.42. The molecular weight excluding hydrogens is 584 g/mol. The molecule has 1 aliphatic rings. The molecule has 4 aromatic carbocycles. The number of methoxy groups -OCH3 is 3. The predicted octanol–water partition coefficient (Wildman–Crippen LogP) is 7.41. The third kappa shape index (κ3) is 8.95. The summed E-state index contributed by atoms with van der Waals surface area (Å²) in [4.78, 5) is 15.4. The molecule has 248 valence electrons. The molecule has 0 aliphatic carbocycles. The molecule has 1 N–H and O–H groups in total. The van der Waals surface area contributed by atoms with Crippen molar-refractivity contribution < 1.29 is 19.0 Å². The Hall–Kier alpha value is -4.29. The number of fused-ring (bicyclic) bond motifs is 1. The summed E-state index contributed by atoms with van der Waals surface area (Å²) in [6.07, 6.45) is 7.21. The van der Waals surface area contributed by atoms with Gasteiger partial charge < -0.3 is 24.4 Å². The molecule has 5 rings (SSSR count). The molecule has 0 radical (unpaired) electrons. The highest BCUT2D eigenvalue weighted by Crippen LogP contribution is 2.41. The number of ether oxygens (including phenoxy) is 3. The topological polar surface area (TPSA) is 60.0 Å². The molecule has 1 heterocycles. The van der Waals surface area contributed by atoms with Crippen molar-refractivity contribution in [1.29, 1.82) is 0 Å². The molecule has 4 aromatic rings. The minimum absolute atomic E-state index is 0.100. The van der Waals surface area contributed by atoms with E-state index < -0.39 is 0 Å². The highest BCUT2D eigenvalue weighted by molar-refractivity contribution is 5.76. The number of hydrogen-bond donors (Lipinski definition) is 1. The largest absolute Gasteiger partial charge is 0.497 e. The van der Waals surface area contributed by atoms with E-state index in [-0.39, 0.29) is 11.3 Å². The van der Waals surface area contributed by atoms with Crippen LogP contribution >= 0.6 is 0 Å². The van der Waals surface area contributed by atoms with Crippen LogP contribution in [0.1, 0.15) is 59.9 Å². The minimum Gasteiger partial charge on any atom is -0.497 e. The molecule has 47 heavy (non-hydrogen) atoms. The number of carbonyl (C=O) groups excluding carboxylic acids is 1. The second-order valence-electron chi connectivity index (χ2n) is 12.5. The van der Waals surface area contributed by atoms with Crippen LogP contribution in [0.25, 0.3) is 0 Å². The molecule has 0 unspecified atom stereocenters. The highest BCUT2D eigenvalue weighted by atomic mass is 16.5. The van der Waals surface area contributed by atoms with Gasteiger partial charge in [-0.3, -0.25) is 4.79 Å². The lowest BCUT2D eigenvalue weighted by Gasteiger charge is -2.36. The Balaban J connectivity index is 1.22. The lowest BCUT2D eigenvalue weighted by atomic mass is 9.68. The summed E-state index contributed by atoms with van der Waals surface area (Å²) in [7, 11) is 5.08. The molecule has 6 heteroatoms. The first-order chi connectivity index (χ1) is 23.0. The number of nitrogens with zero attached hydrogens (tertiary/aromatic N) is 1. The minimum atomic E-state index is -0.133. The van der Waals surface area contributed by atoms with Gasteiger partial charge in [-0.25, -0.2) is 0 Å². The van der Waals surface area contributed by atoms with Crippen molar-refractivity contribution in [2.75, 3.05) is 47.5 Å². The van der Waals surface area contributed by atoms with Crippen LogP contribution < -0.4 is 19.5 Å². The standard InChI is InChI=1S/C41H50N2O4/c1-45-37-19-16-32(17-20-37)18-21-40(44)42-26-10-24-41(35-12-6-4-7-13-35,36-14-8-5-9-15-36)25-11-27-43-28-22-33-30-38(46-2)39(47-3)31-34(33)23-29-43/h4-9,12-17,19-20,30-31H,10-11,18,21-29H2,1-3H3,(H,42,44). The van der Waals surface area contributed by atoms with E-state index in [1.54, 1.807) is 21.3 Å². The Labute approximate surface area is 281 Å². The summed E-state index contributed by atoms with van der Waals surface area (Å²) in [5, 5.41) is 3.20. The van der Waals surface area contributed by atoms with Gasteiger partial charge in [-0.05, 0) is 104 Å². The van der Waals surface area contributed by atoms with Gasteiger partial charge in [0, 0.05) is 31.5 Å². The lowest BCUT2D eigenvalue weighted by Crippen LogP contribution is -2.33. The molecule has 0 fully saturated rings. The number of nitrogens with one attached hydrogen (secondary N) is 1. The molecule has 0 atom stereocenters. The van der Waals surface area contributed by atoms with E-state index in [4.69, 9.17) is 14.2 Å². The third-order valence-electron chi connectivity index (χ3n) is 9.73. The fraction of sp³-hybridized carbons (Fsp3) is 0.390. The van der Waals surface area contributed by atoms with Crippen molar-refractivity contribution in [1.82, 2.24) is 10.2 Å². The SMILES string of the molecule is COc1ccc(CCC(=O)NCCCC(CCCN2CCc3cc(OC)c(OC)cc3CC2)(c2ccccc2)c2ccccc2)cc1. The van der Waals surface area contributed by atoms with Gasteiger partial charge in [-0.2, -0.15) is 0 Å². The Bertz CT molecular complexity index is 1460. The summed E-state index contributed by atoms with van der Waals surface area (Å²) >= 11 is 0. The van der Waals surface area contributed by atoms with Crippen LogP contribution in [0.15, 0.2) is 97.1 Å². The van der Waals surface area contributed by atoms with E-state index >= 15 is 0 Å². The van der Waals surface area contributed by atoms with Crippen molar-refractivity contribution in [2.45, 2.75) is 56.8 Å². The van der Waals surface area contributed by atoms with Crippen molar-refractivity contribution in [3.63, 3.8) is 0 Å². The number of benzene rings is 4. The number of carbonyl (C=O) groups is 1. The van der Waals surface area contributed by atoms with Crippen molar-refractivity contribution in [2.24, 2.45) is 0 Å². The molecule has 0 aromatic heterocycles. The van der Waals surface area contributed by atoms with E-state index in [1.165, 1.54) is 22.3 Å². The maximum Gasteiger partial charge on any atom is 0.220 e. The van der Waals surface area contributed by atoms with Crippen LogP contribution in [0.2, 0.25) is 0 Å². The Morgan fingerprint density at radius 3 is 1.81 bits per heavy atom. The zero-order valence-corrected chi connectivity index (χ0v) is 28.3. The van der Waals surface area contributed by atoms with E-state index in [2.05, 4.69) is 83.0 Å². The zero-order valence-electron chi connectivity index (χ0n) is 28.3. The number of amides is 1. The molecule has 1 aliphatic heterocycles. The maximum atomic E-state index is 12.8. The smallest absolute Gasteiger partial charge is 0.220 e. The quantitative estimate of drug-likeness (QED) is 0.130. The van der Waals surface area contributed by atoms with Gasteiger partial charge in [-0.15, -0.1) is 0 Å². The van der Waals surface area contributed by atoms with Gasteiger partial charge in [0.25, 0.3) is 0 Å². The fourth-order valence-corrected chi connectivity index (χ4v) is 7.07. The van der Waals surface area contributed by atoms with Gasteiger partial charge in [0.1, 0.15) is 5.75 Å². The Morgan fingerprint density at radius 1 is 0.723 bits per heavy atom. The summed E-state index contributed by atoms with van der Waals surface area (Å²) in [6.45, 7) is 3.79. The molecule has 6 nitrogen and oxygen atoms in total. The van der Waals surface area contributed by atoms with Crippen LogP contribution in [0.5, 0.6) is 17.2 Å². The number of rotatable bonds is 16. The van der Waals surface area contributed by atoms with Crippen molar-refractivity contribution >= 4 is 5.91 Å². The molecule has 0 spiro atoms. The third-order valence-corrected chi connectivity index (χ3v) is 9.73. The zero-order chi connectivity index (χ0) is 32.9. The highest BCUT2D eigenvalue weighted by Gasteiger charge is 2.33. The summed E-state index contributed by atoms with van der Waals surface area (Å²) in [5.74, 6) is 2.55. The fourth-order valence-electron chi connectivity index (χ4n) is 7.07. The first-order valence-electron chi connectivity index (χ1n) is 17.0. The second kappa shape index (κ2) is 17.0. The summed E-state index contributed by atoms with van der Waals surface area (Å²) < 4.78 is 16.4. The second-order valence-corrected chi connectivity index (χ2v) is 12.5. The van der Waals surface area contributed by atoms with Crippen LogP contribution in [-0.2, 0) is 29.5 Å². The van der Waals surface area contributed by atoms with Crippen LogP contribution in [0.3, 0.4) is 0 Å². The van der Waals surface area contributed by atoms with Crippen LogP contribution in [0.4, 0.5) is 0 Å². The maximum absolute atomic E-state index is 12.8. The number of hydrogen-bond acceptors (Lipinski definition) is 5. The van der Waals surface area contributed by atoms with E-state index in [0.29, 0.717) is 13.0 Å². The Morgan fingerprint density at radius 2 is 1.28 bits per heavy atom. The molecule has 0 saturated heterocycles. The van der Waals surface area contributed by atoms with Crippen molar-refractivity contribution in [3.05, 3.63) is 125 Å². The van der Waals surface area contributed by atoms with E-state index in [0.717, 1.165) is 87.4 Å².